The van der Waals surface area contributed by atoms with Crippen LogP contribution < -0.4 is 10.9 Å². The molecule has 0 aliphatic carbocycles. The number of aliphatic hydroxyl groups excluding tert-OH is 1. The Morgan fingerprint density at radius 1 is 1.07 bits per heavy atom. The van der Waals surface area contributed by atoms with E-state index in [4.69, 9.17) is 8.83 Å². The number of furan rings is 1. The first-order chi connectivity index (χ1) is 14.2. The molecule has 1 aromatic carbocycles. The summed E-state index contributed by atoms with van der Waals surface area (Å²) in [7, 11) is 0. The van der Waals surface area contributed by atoms with E-state index in [0.29, 0.717) is 11.1 Å². The summed E-state index contributed by atoms with van der Waals surface area (Å²) in [5.41, 5.74) is 4.08. The Morgan fingerprint density at radius 3 is 2.33 bits per heavy atom. The van der Waals surface area contributed by atoms with E-state index in [0.717, 1.165) is 45.2 Å². The summed E-state index contributed by atoms with van der Waals surface area (Å²) in [5, 5.41) is 14.3. The molecular formula is C24H31NO5. The van der Waals surface area contributed by atoms with Crippen LogP contribution in [0, 0.1) is 33.6 Å². The molecule has 6 heteroatoms. The highest BCUT2D eigenvalue weighted by Crippen LogP contribution is 2.34. The van der Waals surface area contributed by atoms with Gasteiger partial charge in [-0.1, -0.05) is 20.3 Å². The van der Waals surface area contributed by atoms with Gasteiger partial charge in [0.2, 0.25) is 5.91 Å². The highest BCUT2D eigenvalue weighted by atomic mass is 16.4. The van der Waals surface area contributed by atoms with Gasteiger partial charge in [0.1, 0.15) is 16.9 Å². The number of hydrogen-bond donors (Lipinski definition) is 2. The number of aliphatic hydroxyl groups is 1. The van der Waals surface area contributed by atoms with Crippen molar-refractivity contribution in [2.75, 3.05) is 6.61 Å². The zero-order chi connectivity index (χ0) is 22.2. The molecule has 2 aromatic heterocycles. The molecule has 0 aliphatic rings. The van der Waals surface area contributed by atoms with E-state index >= 15 is 0 Å². The molecule has 2 N–H and O–H groups in total. The second kappa shape index (κ2) is 8.64. The second-order valence-corrected chi connectivity index (χ2v) is 8.27. The molecule has 1 amide bonds. The lowest BCUT2D eigenvalue weighted by Crippen LogP contribution is -2.42. The van der Waals surface area contributed by atoms with Gasteiger partial charge in [0.05, 0.1) is 12.6 Å². The minimum Gasteiger partial charge on any atom is -0.461 e. The molecule has 6 nitrogen and oxygen atoms in total. The summed E-state index contributed by atoms with van der Waals surface area (Å²) in [5.74, 6) is 0.847. The van der Waals surface area contributed by atoms with Gasteiger partial charge >= 0.3 is 5.63 Å². The SMILES string of the molecule is CC[C@H](C)[C@H](CO)NC(=O)CCc1c(C)c2cc3c(C)c(C)oc3c(C)c2oc1=O. The average molecular weight is 414 g/mol. The molecule has 0 bridgehead atoms. The van der Waals surface area contributed by atoms with Gasteiger partial charge < -0.3 is 19.3 Å². The Kier molecular flexibility index (Phi) is 6.36. The summed E-state index contributed by atoms with van der Waals surface area (Å²) in [4.78, 5) is 25.1. The summed E-state index contributed by atoms with van der Waals surface area (Å²) in [6, 6.07) is 1.73. The number of fused-ring (bicyclic) bond motifs is 2. The zero-order valence-corrected chi connectivity index (χ0v) is 18.6. The summed E-state index contributed by atoms with van der Waals surface area (Å²) in [6.45, 7) is 11.6. The van der Waals surface area contributed by atoms with Crippen LogP contribution in [0.25, 0.3) is 21.9 Å². The lowest BCUT2D eigenvalue weighted by atomic mass is 9.97. The van der Waals surface area contributed by atoms with Gasteiger partial charge in [-0.15, -0.1) is 0 Å². The number of hydrogen-bond acceptors (Lipinski definition) is 5. The fourth-order valence-corrected chi connectivity index (χ4v) is 3.95. The largest absolute Gasteiger partial charge is 0.461 e. The van der Waals surface area contributed by atoms with Gasteiger partial charge in [-0.25, -0.2) is 4.79 Å². The Hall–Kier alpha value is -2.60. The molecule has 0 saturated carbocycles. The molecule has 3 aromatic rings. The Bertz CT molecular complexity index is 1150. The van der Waals surface area contributed by atoms with Crippen molar-refractivity contribution in [3.8, 4) is 0 Å². The fourth-order valence-electron chi connectivity index (χ4n) is 3.95. The Morgan fingerprint density at radius 2 is 1.70 bits per heavy atom. The van der Waals surface area contributed by atoms with E-state index in [1.54, 1.807) is 0 Å². The lowest BCUT2D eigenvalue weighted by molar-refractivity contribution is -0.122. The number of amides is 1. The Labute approximate surface area is 176 Å². The predicted molar refractivity (Wildman–Crippen MR) is 118 cm³/mol. The van der Waals surface area contributed by atoms with E-state index in [9.17, 15) is 14.7 Å². The zero-order valence-electron chi connectivity index (χ0n) is 18.6. The average Bonchev–Trinajstić information content (AvgIpc) is 3.01. The highest BCUT2D eigenvalue weighted by molar-refractivity contribution is 6.00. The number of nitrogens with one attached hydrogen (secondary N) is 1. The topological polar surface area (TPSA) is 92.7 Å². The third kappa shape index (κ3) is 3.88. The molecule has 0 unspecified atom stereocenters. The first kappa shape index (κ1) is 22.1. The van der Waals surface area contributed by atoms with Crippen molar-refractivity contribution in [3.05, 3.63) is 44.5 Å². The first-order valence-electron chi connectivity index (χ1n) is 10.5. The summed E-state index contributed by atoms with van der Waals surface area (Å²) >= 11 is 0. The van der Waals surface area contributed by atoms with E-state index in [1.807, 2.05) is 47.6 Å². The molecule has 0 saturated heterocycles. The van der Waals surface area contributed by atoms with Crippen molar-refractivity contribution in [2.45, 2.75) is 66.8 Å². The smallest absolute Gasteiger partial charge is 0.339 e. The van der Waals surface area contributed by atoms with Crippen LogP contribution >= 0.6 is 0 Å². The van der Waals surface area contributed by atoms with E-state index in [2.05, 4.69) is 5.32 Å². The van der Waals surface area contributed by atoms with Crippen molar-refractivity contribution in [1.29, 1.82) is 0 Å². The molecule has 0 spiro atoms. The number of carbonyl (C=O) groups excluding carboxylic acids is 1. The van der Waals surface area contributed by atoms with Gasteiger partial charge in [-0.3, -0.25) is 4.79 Å². The van der Waals surface area contributed by atoms with Crippen molar-refractivity contribution in [2.24, 2.45) is 5.92 Å². The van der Waals surface area contributed by atoms with Crippen molar-refractivity contribution in [1.82, 2.24) is 5.32 Å². The van der Waals surface area contributed by atoms with Crippen molar-refractivity contribution >= 4 is 27.8 Å². The minimum atomic E-state index is -0.420. The van der Waals surface area contributed by atoms with E-state index in [1.165, 1.54) is 0 Å². The van der Waals surface area contributed by atoms with Crippen LogP contribution in [0.2, 0.25) is 0 Å². The molecule has 2 heterocycles. The number of benzene rings is 1. The van der Waals surface area contributed by atoms with Crippen molar-refractivity contribution < 1.29 is 18.7 Å². The summed E-state index contributed by atoms with van der Waals surface area (Å²) < 4.78 is 11.5. The predicted octanol–water partition coefficient (Wildman–Crippen LogP) is 4.23. The fraction of sp³-hybridized carbons (Fsp3) is 0.500. The molecule has 3 rings (SSSR count). The quantitative estimate of drug-likeness (QED) is 0.566. The first-order valence-corrected chi connectivity index (χ1v) is 10.5. The molecule has 162 valence electrons. The van der Waals surface area contributed by atoms with Crippen LogP contribution in [0.15, 0.2) is 19.7 Å². The third-order valence-corrected chi connectivity index (χ3v) is 6.42. The highest BCUT2D eigenvalue weighted by Gasteiger charge is 2.21. The van der Waals surface area contributed by atoms with Crippen LogP contribution in [-0.4, -0.2) is 23.7 Å². The van der Waals surface area contributed by atoms with Gasteiger partial charge in [0.25, 0.3) is 0 Å². The van der Waals surface area contributed by atoms with E-state index in [-0.39, 0.29) is 37.3 Å². The molecule has 30 heavy (non-hydrogen) atoms. The lowest BCUT2D eigenvalue weighted by Gasteiger charge is -2.22. The van der Waals surface area contributed by atoms with Crippen LogP contribution in [-0.2, 0) is 11.2 Å². The maximum absolute atomic E-state index is 12.7. The monoisotopic (exact) mass is 413 g/mol. The number of rotatable bonds is 7. The summed E-state index contributed by atoms with van der Waals surface area (Å²) in [6.07, 6.45) is 1.31. The van der Waals surface area contributed by atoms with Crippen LogP contribution in [0.1, 0.15) is 54.7 Å². The standard InChI is InChI=1S/C24H31NO5/c1-7-12(2)20(11-26)25-21(27)9-8-17-14(4)19-10-18-13(3)16(6)29-22(18)15(5)23(19)30-24(17)28/h10,12,20,26H,7-9,11H2,1-6H3,(H,25,27)/t12-,20-/m0/s1. The minimum absolute atomic E-state index is 0.101. The molecule has 0 radical (unpaired) electrons. The molecule has 0 fully saturated rings. The van der Waals surface area contributed by atoms with Gasteiger partial charge in [-0.05, 0) is 57.2 Å². The van der Waals surface area contributed by atoms with Gasteiger partial charge in [0, 0.05) is 28.3 Å². The molecular weight excluding hydrogens is 382 g/mol. The van der Waals surface area contributed by atoms with Gasteiger partial charge in [0.15, 0.2) is 0 Å². The molecule has 0 aliphatic heterocycles. The second-order valence-electron chi connectivity index (χ2n) is 8.27. The third-order valence-electron chi connectivity index (χ3n) is 6.42. The normalized spacial score (nSPS) is 13.7. The van der Waals surface area contributed by atoms with Crippen LogP contribution in [0.4, 0.5) is 0 Å². The maximum atomic E-state index is 12.7. The van der Waals surface area contributed by atoms with Crippen molar-refractivity contribution in [3.63, 3.8) is 0 Å². The maximum Gasteiger partial charge on any atom is 0.339 e. The van der Waals surface area contributed by atoms with E-state index < -0.39 is 5.63 Å². The number of aryl methyl sites for hydroxylation is 4. The van der Waals surface area contributed by atoms with Crippen LogP contribution in [0.5, 0.6) is 0 Å². The number of carbonyl (C=O) groups is 1. The van der Waals surface area contributed by atoms with Crippen LogP contribution in [0.3, 0.4) is 0 Å². The van der Waals surface area contributed by atoms with Gasteiger partial charge in [-0.2, -0.15) is 0 Å². The molecule has 2 atom stereocenters. The Balaban J connectivity index is 1.93.